The molecule has 92 heavy (non-hydrogen) atoms. The van der Waals surface area contributed by atoms with Crippen LogP contribution in [0.4, 0.5) is 15.3 Å². The van der Waals surface area contributed by atoms with Crippen molar-refractivity contribution < 1.29 is 62.6 Å². The lowest BCUT2D eigenvalue weighted by Crippen LogP contribution is -2.59. The Kier molecular flexibility index (Phi) is 33.3. The van der Waals surface area contributed by atoms with Gasteiger partial charge in [-0.25, -0.2) is 9.59 Å². The Morgan fingerprint density at radius 2 is 1.05 bits per heavy atom. The molecule has 20 N–H and O–H groups in total. The number of amides is 12. The summed E-state index contributed by atoms with van der Waals surface area (Å²) in [6.07, 6.45) is 4.39. The van der Waals surface area contributed by atoms with Gasteiger partial charge in [-0.05, 0) is 106 Å². The van der Waals surface area contributed by atoms with Gasteiger partial charge in [-0.15, -0.1) is 5.10 Å². The zero-order chi connectivity index (χ0) is 67.4. The summed E-state index contributed by atoms with van der Waals surface area (Å²) in [7, 11) is 0. The molecule has 1 heterocycles. The van der Waals surface area contributed by atoms with Crippen LogP contribution in [0.5, 0.6) is 0 Å². The number of primary amides is 3. The molecule has 12 amide bonds. The van der Waals surface area contributed by atoms with E-state index < -0.39 is 108 Å². The fourth-order valence-electron chi connectivity index (χ4n) is 9.47. The molecule has 0 aliphatic carbocycles. The van der Waals surface area contributed by atoms with Crippen LogP contribution < -0.4 is 76.5 Å². The van der Waals surface area contributed by atoms with Gasteiger partial charge in [0.15, 0.2) is 0 Å². The number of anilines is 1. The molecule has 0 saturated carbocycles. The minimum absolute atomic E-state index is 0.0210. The number of nitrogens with one attached hydrogen (secondary N) is 9. The minimum atomic E-state index is -1.42. The summed E-state index contributed by atoms with van der Waals surface area (Å²) in [6, 6.07) is 15.1. The second-order valence-corrected chi connectivity index (χ2v) is 22.4. The molecule has 0 saturated heterocycles. The molecule has 7 atom stereocenters. The van der Waals surface area contributed by atoms with Crippen LogP contribution in [0.1, 0.15) is 113 Å². The van der Waals surface area contributed by atoms with E-state index in [1.54, 1.807) is 110 Å². The Balaban J connectivity index is 1.35. The molecule has 0 spiro atoms. The number of hydrogen-bond acceptors (Lipinski definition) is 17. The SMILES string of the molecule is CC(C)C(NC(=O)CCCCCn1cc(CCC(=O)N[C@@H](Cc2ccccc2)C(=O)N[C@@H](Cc2ccccc2)C(=O)N[C@@H](CCCN)C(=O)N[C@@H](CCCCN)C(=O)N[C@@H](CO)C(N)=O)nn1)C(=O)N[C@@H](CCCNC(N)=O)C(=O)Nc1ccc(COC(N)=O)cc1. The highest BCUT2D eigenvalue weighted by Gasteiger charge is 2.33. The van der Waals surface area contributed by atoms with Crippen LogP contribution in [0.3, 0.4) is 0 Å². The van der Waals surface area contributed by atoms with Crippen LogP contribution in [-0.4, -0.2) is 154 Å². The number of carbonyl (C=O) groups excluding carboxylic acids is 11. The summed E-state index contributed by atoms with van der Waals surface area (Å²) in [6.45, 7) is 3.71. The number of aliphatic hydroxyl groups excluding tert-OH is 1. The summed E-state index contributed by atoms with van der Waals surface area (Å²) < 4.78 is 6.41. The number of hydrogen-bond donors (Lipinski definition) is 15. The Labute approximate surface area is 534 Å². The molecule has 3 aromatic carbocycles. The van der Waals surface area contributed by atoms with Crippen molar-refractivity contribution >= 4 is 71.0 Å². The number of benzene rings is 3. The standard InChI is InChI=1S/C62H91N17O13/c1-39(2)53(60(89)73-47(22-15-32-68-61(66)90)55(84)69-43-26-24-42(25-27-43)38-92-62(67)91)76-51(81)23-10-5-13-33-79-36-44(77-78-79)28-29-52(82)70-48(34-40-16-6-3-7-17-40)58(87)74-49(35-41-18-8-4-9-19-41)59(88)72-46(21-14-31-64)56(85)71-45(20-11-12-30-63)57(86)75-50(37-80)54(65)83/h3-4,6-9,16-19,24-27,36,39,45-50,53,80H,5,10-15,20-23,28-35,37-38,63-64H2,1-2H3,(H2,65,83)(H2,67,91)(H,69,84)(H,70,82)(H,71,85)(H,72,88)(H,73,89)(H,74,87)(H,75,86)(H,76,81)(H3,66,68,90)/t45-,46-,47-,48-,49-,50-,53?/m0/s1. The predicted octanol–water partition coefficient (Wildman–Crippen LogP) is -0.666. The summed E-state index contributed by atoms with van der Waals surface area (Å²) in [5.41, 5.74) is 30.0. The molecule has 502 valence electrons. The lowest BCUT2D eigenvalue weighted by atomic mass is 10.0. The van der Waals surface area contributed by atoms with Crippen molar-refractivity contribution in [2.45, 2.75) is 166 Å². The fourth-order valence-corrected chi connectivity index (χ4v) is 9.47. The topological polar surface area (TPSA) is 486 Å². The first-order chi connectivity index (χ1) is 44.1. The van der Waals surface area contributed by atoms with Gasteiger partial charge in [-0.2, -0.15) is 0 Å². The Morgan fingerprint density at radius 3 is 1.61 bits per heavy atom. The highest BCUT2D eigenvalue weighted by molar-refractivity contribution is 5.99. The van der Waals surface area contributed by atoms with Gasteiger partial charge in [0, 0.05) is 57.1 Å². The molecule has 30 nitrogen and oxygen atoms in total. The van der Waals surface area contributed by atoms with E-state index in [-0.39, 0.29) is 95.7 Å². The molecule has 1 unspecified atom stereocenters. The summed E-state index contributed by atoms with van der Waals surface area (Å²) in [5.74, 6) is -6.31. The molecule has 4 aromatic rings. The molecule has 0 aliphatic heterocycles. The first-order valence-electron chi connectivity index (χ1n) is 30.8. The van der Waals surface area contributed by atoms with Crippen molar-refractivity contribution in [3.05, 3.63) is 114 Å². The van der Waals surface area contributed by atoms with Crippen LogP contribution in [-0.2, 0) is 80.3 Å². The van der Waals surface area contributed by atoms with Crippen molar-refractivity contribution in [1.82, 2.24) is 57.5 Å². The zero-order valence-electron chi connectivity index (χ0n) is 52.2. The number of aromatic nitrogens is 3. The van der Waals surface area contributed by atoms with E-state index >= 15 is 0 Å². The van der Waals surface area contributed by atoms with Gasteiger partial charge >= 0.3 is 12.1 Å². The molecule has 30 heteroatoms. The van der Waals surface area contributed by atoms with Gasteiger partial charge in [0.05, 0.1) is 12.3 Å². The number of urea groups is 1. The largest absolute Gasteiger partial charge is 0.445 e. The number of ether oxygens (including phenoxy) is 1. The molecule has 0 bridgehead atoms. The van der Waals surface area contributed by atoms with Gasteiger partial charge < -0.3 is 86.4 Å². The first-order valence-corrected chi connectivity index (χ1v) is 30.8. The predicted molar refractivity (Wildman–Crippen MR) is 339 cm³/mol. The number of aliphatic hydroxyl groups is 1. The number of nitrogens with two attached hydrogens (primary N) is 5. The lowest BCUT2D eigenvalue weighted by molar-refractivity contribution is -0.135. The van der Waals surface area contributed by atoms with Gasteiger partial charge in [-0.3, -0.25) is 47.8 Å². The summed E-state index contributed by atoms with van der Waals surface area (Å²) >= 11 is 0. The molecule has 4 rings (SSSR count). The van der Waals surface area contributed by atoms with Crippen molar-refractivity contribution in [2.75, 3.05) is 31.6 Å². The average Bonchev–Trinajstić information content (AvgIpc) is 1.62. The van der Waals surface area contributed by atoms with Crippen LogP contribution in [0.2, 0.25) is 0 Å². The third-order valence-electron chi connectivity index (χ3n) is 14.6. The Morgan fingerprint density at radius 1 is 0.533 bits per heavy atom. The number of aryl methyl sites for hydroxylation is 2. The highest BCUT2D eigenvalue weighted by Crippen LogP contribution is 2.15. The second kappa shape index (κ2) is 41.0. The maximum Gasteiger partial charge on any atom is 0.404 e. The van der Waals surface area contributed by atoms with Gasteiger partial charge in [0.25, 0.3) is 0 Å². The second-order valence-electron chi connectivity index (χ2n) is 22.4. The third-order valence-corrected chi connectivity index (χ3v) is 14.6. The maximum atomic E-state index is 14.4. The Hall–Kier alpha value is -9.55. The monoisotopic (exact) mass is 1280 g/mol. The third kappa shape index (κ3) is 28.5. The first kappa shape index (κ1) is 74.9. The van der Waals surface area contributed by atoms with Crippen molar-refractivity contribution in [3.8, 4) is 0 Å². The van der Waals surface area contributed by atoms with E-state index in [9.17, 15) is 57.8 Å². The zero-order valence-corrected chi connectivity index (χ0v) is 52.2. The molecule has 0 fully saturated rings. The van der Waals surface area contributed by atoms with Gasteiger partial charge in [0.2, 0.25) is 53.2 Å². The smallest absolute Gasteiger partial charge is 0.404 e. The molecular weight excluding hydrogens is 1190 g/mol. The van der Waals surface area contributed by atoms with E-state index in [0.29, 0.717) is 73.3 Å². The van der Waals surface area contributed by atoms with Crippen LogP contribution in [0.15, 0.2) is 91.1 Å². The molecule has 0 radical (unpaired) electrons. The van der Waals surface area contributed by atoms with E-state index in [2.05, 4.69) is 58.2 Å². The van der Waals surface area contributed by atoms with E-state index in [1.807, 2.05) is 0 Å². The number of carbonyl (C=O) groups is 11. The maximum absolute atomic E-state index is 14.4. The van der Waals surface area contributed by atoms with E-state index in [0.717, 1.165) is 0 Å². The van der Waals surface area contributed by atoms with Gasteiger partial charge in [-0.1, -0.05) is 98.3 Å². The highest BCUT2D eigenvalue weighted by atomic mass is 16.5. The van der Waals surface area contributed by atoms with Gasteiger partial charge in [0.1, 0.15) is 48.9 Å². The lowest BCUT2D eigenvalue weighted by Gasteiger charge is -2.27. The molecular formula is C62H91N17O13. The Bertz CT molecular complexity index is 3010. The molecule has 0 aliphatic rings. The minimum Gasteiger partial charge on any atom is -0.445 e. The quantitative estimate of drug-likeness (QED) is 0.0245. The van der Waals surface area contributed by atoms with Crippen molar-refractivity contribution in [3.63, 3.8) is 0 Å². The summed E-state index contributed by atoms with van der Waals surface area (Å²) in [5, 5.41) is 42.2. The number of rotatable bonds is 43. The summed E-state index contributed by atoms with van der Waals surface area (Å²) in [4.78, 5) is 144. The van der Waals surface area contributed by atoms with E-state index in [4.69, 9.17) is 33.4 Å². The fraction of sp³-hybridized carbons (Fsp3) is 0.500. The van der Waals surface area contributed by atoms with Crippen LogP contribution in [0, 0.1) is 5.92 Å². The number of unbranched alkanes of at least 4 members (excludes halogenated alkanes) is 3. The van der Waals surface area contributed by atoms with Crippen LogP contribution >= 0.6 is 0 Å². The number of nitrogens with zero attached hydrogens (tertiary/aromatic N) is 3. The molecule has 1 aromatic heterocycles. The van der Waals surface area contributed by atoms with Crippen molar-refractivity contribution in [2.24, 2.45) is 34.6 Å². The van der Waals surface area contributed by atoms with Crippen molar-refractivity contribution in [1.29, 1.82) is 0 Å². The average molecular weight is 1280 g/mol. The van der Waals surface area contributed by atoms with Crippen LogP contribution in [0.25, 0.3) is 0 Å². The normalized spacial score (nSPS) is 13.3. The van der Waals surface area contributed by atoms with E-state index in [1.165, 1.54) is 0 Å².